The smallest absolute Gasteiger partial charge is 0.332 e. The van der Waals surface area contributed by atoms with Crippen LogP contribution in [0, 0.1) is 0 Å². The van der Waals surface area contributed by atoms with E-state index in [1.165, 1.54) is 23.1 Å². The Morgan fingerprint density at radius 2 is 1.74 bits per heavy atom. The molecule has 1 fully saturated rings. The van der Waals surface area contributed by atoms with Crippen molar-refractivity contribution < 1.29 is 34.2 Å². The lowest BCUT2D eigenvalue weighted by atomic mass is 9.89. The number of aromatic nitrogens is 1. The van der Waals surface area contributed by atoms with Crippen molar-refractivity contribution in [2.75, 3.05) is 4.90 Å². The summed E-state index contributed by atoms with van der Waals surface area (Å²) in [5.41, 5.74) is 3.00. The molecule has 12 heteroatoms. The normalized spacial score (nSPS) is 18.5. The highest BCUT2D eigenvalue weighted by molar-refractivity contribution is 6.30. The number of urea groups is 1. The SMILES string of the molecule is O=C(O)C[C@H](NC(=O)c1ccccc1N1C(=O)[C@@H]2Cc3c([nH]c4ccccc34)C(c3cccc(Cl)c3)N2C1=O)C(=O)O. The molecular formula is C30H23ClN4O7. The largest absolute Gasteiger partial charge is 0.481 e. The second-order valence-corrected chi connectivity index (χ2v) is 10.5. The van der Waals surface area contributed by atoms with Crippen LogP contribution in [0.15, 0.2) is 72.8 Å². The first-order valence-electron chi connectivity index (χ1n) is 13.0. The molecule has 3 atom stereocenters. The molecule has 4 aromatic rings. The minimum atomic E-state index is -1.72. The Hall–Kier alpha value is -5.16. The van der Waals surface area contributed by atoms with Crippen molar-refractivity contribution in [1.29, 1.82) is 0 Å². The number of carbonyl (C=O) groups is 5. The number of para-hydroxylation sites is 2. The van der Waals surface area contributed by atoms with E-state index in [4.69, 9.17) is 16.7 Å². The molecule has 2 aliphatic heterocycles. The zero-order valence-electron chi connectivity index (χ0n) is 21.8. The third kappa shape index (κ3) is 4.44. The number of carboxylic acids is 2. The highest BCUT2D eigenvalue weighted by atomic mass is 35.5. The lowest BCUT2D eigenvalue weighted by Gasteiger charge is -2.36. The number of hydrogen-bond acceptors (Lipinski definition) is 5. The number of rotatable bonds is 7. The maximum absolute atomic E-state index is 14.2. The van der Waals surface area contributed by atoms with Gasteiger partial charge in [-0.2, -0.15) is 0 Å². The van der Waals surface area contributed by atoms with Crippen LogP contribution < -0.4 is 10.2 Å². The predicted octanol–water partition coefficient (Wildman–Crippen LogP) is 3.96. The van der Waals surface area contributed by atoms with Gasteiger partial charge in [-0.15, -0.1) is 0 Å². The Bertz CT molecular complexity index is 1800. The summed E-state index contributed by atoms with van der Waals surface area (Å²) in [5, 5.41) is 22.0. The summed E-state index contributed by atoms with van der Waals surface area (Å²) >= 11 is 6.34. The van der Waals surface area contributed by atoms with Gasteiger partial charge in [0.05, 0.1) is 17.7 Å². The van der Waals surface area contributed by atoms with E-state index in [0.717, 1.165) is 27.1 Å². The van der Waals surface area contributed by atoms with Crippen LogP contribution in [-0.4, -0.2) is 62.0 Å². The number of nitrogens with zero attached hydrogens (tertiary/aromatic N) is 2. The number of imide groups is 1. The number of carboxylic acid groups (broad SMARTS) is 2. The third-order valence-corrected chi connectivity index (χ3v) is 7.82. The van der Waals surface area contributed by atoms with Gasteiger partial charge in [-0.05, 0) is 41.5 Å². The van der Waals surface area contributed by atoms with Crippen molar-refractivity contribution >= 4 is 58.0 Å². The lowest BCUT2D eigenvalue weighted by molar-refractivity contribution is -0.145. The fourth-order valence-corrected chi connectivity index (χ4v) is 5.99. The summed E-state index contributed by atoms with van der Waals surface area (Å²) in [4.78, 5) is 70.0. The summed E-state index contributed by atoms with van der Waals surface area (Å²) in [6.45, 7) is 0. The van der Waals surface area contributed by atoms with Gasteiger partial charge in [-0.1, -0.05) is 54.1 Å². The average molecular weight is 587 g/mol. The van der Waals surface area contributed by atoms with Gasteiger partial charge in [0.2, 0.25) is 0 Å². The first-order chi connectivity index (χ1) is 20.2. The van der Waals surface area contributed by atoms with Gasteiger partial charge in [0.15, 0.2) is 0 Å². The number of anilines is 1. The summed E-state index contributed by atoms with van der Waals surface area (Å²) < 4.78 is 0. The van der Waals surface area contributed by atoms with Gasteiger partial charge in [-0.3, -0.25) is 19.3 Å². The number of hydrogen-bond donors (Lipinski definition) is 4. The second kappa shape index (κ2) is 10.3. The maximum atomic E-state index is 14.2. The van der Waals surface area contributed by atoms with E-state index in [1.54, 1.807) is 24.3 Å². The molecule has 1 unspecified atom stereocenters. The minimum absolute atomic E-state index is 0.0442. The standard InChI is InChI=1S/C30H23ClN4O7/c31-16-7-5-6-15(12-16)26-25-19(17-8-1-3-10-20(17)32-25)13-23-28(39)35(30(42)34(23)26)22-11-4-2-9-18(22)27(38)33-21(29(40)41)14-24(36)37/h1-12,21,23,26,32H,13-14H2,(H,33,38)(H,36,37)(H,40,41)/t21-,23-,26?/m0/s1. The van der Waals surface area contributed by atoms with Crippen LogP contribution in [0.1, 0.15) is 39.6 Å². The molecule has 42 heavy (non-hydrogen) atoms. The lowest BCUT2D eigenvalue weighted by Crippen LogP contribution is -2.44. The molecular weight excluding hydrogens is 564 g/mol. The summed E-state index contributed by atoms with van der Waals surface area (Å²) in [7, 11) is 0. The van der Waals surface area contributed by atoms with Crippen LogP contribution in [0.25, 0.3) is 10.9 Å². The predicted molar refractivity (Wildman–Crippen MR) is 151 cm³/mol. The van der Waals surface area contributed by atoms with Gasteiger partial charge in [-0.25, -0.2) is 14.5 Å². The van der Waals surface area contributed by atoms with Crippen molar-refractivity contribution in [3.8, 4) is 0 Å². The van der Waals surface area contributed by atoms with E-state index in [-0.39, 0.29) is 17.7 Å². The molecule has 4 amide bonds. The molecule has 3 heterocycles. The fraction of sp³-hybridized carbons (Fsp3) is 0.167. The Kier molecular flexibility index (Phi) is 6.66. The van der Waals surface area contributed by atoms with Gasteiger partial charge in [0.1, 0.15) is 18.1 Å². The van der Waals surface area contributed by atoms with Gasteiger partial charge in [0.25, 0.3) is 11.8 Å². The number of nitrogens with one attached hydrogen (secondary N) is 2. The van der Waals surface area contributed by atoms with Crippen molar-refractivity contribution in [2.45, 2.75) is 31.0 Å². The minimum Gasteiger partial charge on any atom is -0.481 e. The molecule has 11 nitrogen and oxygen atoms in total. The number of amides is 4. The van der Waals surface area contributed by atoms with E-state index >= 15 is 0 Å². The molecule has 0 saturated carbocycles. The monoisotopic (exact) mass is 586 g/mol. The van der Waals surface area contributed by atoms with E-state index in [0.29, 0.717) is 10.6 Å². The zero-order valence-corrected chi connectivity index (χ0v) is 22.5. The Labute approximate surface area is 243 Å². The van der Waals surface area contributed by atoms with Crippen LogP contribution in [0.5, 0.6) is 0 Å². The van der Waals surface area contributed by atoms with Gasteiger partial charge < -0.3 is 20.5 Å². The van der Waals surface area contributed by atoms with E-state index in [1.807, 2.05) is 30.3 Å². The quantitative estimate of drug-likeness (QED) is 0.238. The fourth-order valence-electron chi connectivity index (χ4n) is 5.79. The number of H-pyrrole nitrogens is 1. The number of fused-ring (bicyclic) bond motifs is 4. The molecule has 3 aromatic carbocycles. The Morgan fingerprint density at radius 3 is 2.48 bits per heavy atom. The first-order valence-corrected chi connectivity index (χ1v) is 13.4. The highest BCUT2D eigenvalue weighted by Gasteiger charge is 2.53. The molecule has 1 aromatic heterocycles. The number of halogens is 1. The van der Waals surface area contributed by atoms with Crippen LogP contribution in [-0.2, 0) is 20.8 Å². The number of aromatic amines is 1. The summed E-state index contributed by atoms with van der Waals surface area (Å²) in [5.74, 6) is -4.44. The molecule has 0 radical (unpaired) electrons. The Morgan fingerprint density at radius 1 is 1.00 bits per heavy atom. The van der Waals surface area contributed by atoms with Crippen molar-refractivity contribution in [2.24, 2.45) is 0 Å². The molecule has 0 spiro atoms. The topological polar surface area (TPSA) is 160 Å². The number of carbonyl (C=O) groups excluding carboxylic acids is 3. The van der Waals surface area contributed by atoms with Gasteiger partial charge >= 0.3 is 18.0 Å². The molecule has 1 saturated heterocycles. The molecule has 0 aliphatic carbocycles. The van der Waals surface area contributed by atoms with Crippen LogP contribution in [0.3, 0.4) is 0 Å². The van der Waals surface area contributed by atoms with Crippen LogP contribution >= 0.6 is 11.6 Å². The average Bonchev–Trinajstić information content (AvgIpc) is 3.45. The Balaban J connectivity index is 1.43. The van der Waals surface area contributed by atoms with Crippen molar-refractivity contribution in [3.63, 3.8) is 0 Å². The third-order valence-electron chi connectivity index (χ3n) is 7.59. The van der Waals surface area contributed by atoms with Crippen molar-refractivity contribution in [3.05, 3.63) is 100 Å². The highest BCUT2D eigenvalue weighted by Crippen LogP contribution is 2.45. The first kappa shape index (κ1) is 27.0. The number of aliphatic carboxylic acids is 2. The molecule has 2 aliphatic rings. The number of benzene rings is 3. The summed E-state index contributed by atoms with van der Waals surface area (Å²) in [6, 6.07) is 16.5. The summed E-state index contributed by atoms with van der Waals surface area (Å²) in [6.07, 6.45) is -0.626. The molecule has 4 N–H and O–H groups in total. The second-order valence-electron chi connectivity index (χ2n) is 10.1. The zero-order chi connectivity index (χ0) is 29.7. The van der Waals surface area contributed by atoms with E-state index in [9.17, 15) is 29.1 Å². The maximum Gasteiger partial charge on any atom is 0.332 e. The van der Waals surface area contributed by atoms with Crippen molar-refractivity contribution in [1.82, 2.24) is 15.2 Å². The van der Waals surface area contributed by atoms with Crippen LogP contribution in [0.2, 0.25) is 5.02 Å². The van der Waals surface area contributed by atoms with E-state index < -0.39 is 54.3 Å². The molecule has 0 bridgehead atoms. The molecule has 212 valence electrons. The molecule has 6 rings (SSSR count). The van der Waals surface area contributed by atoms with Crippen LogP contribution in [0.4, 0.5) is 10.5 Å². The van der Waals surface area contributed by atoms with Gasteiger partial charge in [0, 0.05) is 28.0 Å². The van der Waals surface area contributed by atoms with E-state index in [2.05, 4.69) is 10.3 Å².